The Morgan fingerprint density at radius 3 is 2.54 bits per heavy atom. The maximum Gasteiger partial charge on any atom is 0.294 e. The van der Waals surface area contributed by atoms with Crippen molar-refractivity contribution in [1.29, 1.82) is 0 Å². The molecule has 3 amide bonds. The first-order chi connectivity index (χ1) is 17.0. The second-order valence-corrected chi connectivity index (χ2v) is 10.3. The quantitative estimate of drug-likeness (QED) is 0.450. The lowest BCUT2D eigenvalue weighted by Crippen LogP contribution is -2.42. The van der Waals surface area contributed by atoms with E-state index in [1.807, 2.05) is 24.4 Å². The molecule has 6 nitrogen and oxygen atoms in total. The fraction of sp³-hybridized carbons (Fsp3) is 0.321. The number of carbonyl (C=O) groups excluding carboxylic acids is 3. The summed E-state index contributed by atoms with van der Waals surface area (Å²) in [6.45, 7) is 4.01. The summed E-state index contributed by atoms with van der Waals surface area (Å²) in [4.78, 5) is 41.8. The lowest BCUT2D eigenvalue weighted by Gasteiger charge is -2.22. The van der Waals surface area contributed by atoms with Crippen LogP contribution in [-0.2, 0) is 16.1 Å². The van der Waals surface area contributed by atoms with Crippen LogP contribution in [-0.4, -0.2) is 51.1 Å². The van der Waals surface area contributed by atoms with E-state index in [1.165, 1.54) is 11.1 Å². The number of para-hydroxylation sites is 1. The number of hydrogen-bond acceptors (Lipinski definition) is 4. The first kappa shape index (κ1) is 23.4. The molecule has 0 bridgehead atoms. The molecule has 0 N–H and O–H groups in total. The molecule has 2 saturated heterocycles. The van der Waals surface area contributed by atoms with Crippen molar-refractivity contribution in [2.75, 3.05) is 19.6 Å². The van der Waals surface area contributed by atoms with E-state index in [2.05, 4.69) is 41.8 Å². The van der Waals surface area contributed by atoms with Crippen LogP contribution in [0.5, 0.6) is 0 Å². The predicted molar refractivity (Wildman–Crippen MR) is 140 cm³/mol. The van der Waals surface area contributed by atoms with Gasteiger partial charge >= 0.3 is 0 Å². The van der Waals surface area contributed by atoms with Crippen LogP contribution >= 0.6 is 11.8 Å². The number of carbonyl (C=O) groups is 3. The number of rotatable bonds is 5. The number of fused-ring (bicyclic) bond motifs is 1. The predicted octanol–water partition coefficient (Wildman–Crippen LogP) is 5.44. The van der Waals surface area contributed by atoms with Crippen molar-refractivity contribution >= 4 is 45.8 Å². The van der Waals surface area contributed by atoms with Crippen molar-refractivity contribution in [3.05, 3.63) is 76.3 Å². The molecule has 3 heterocycles. The van der Waals surface area contributed by atoms with E-state index in [-0.39, 0.29) is 17.7 Å². The van der Waals surface area contributed by atoms with Crippen molar-refractivity contribution in [3.8, 4) is 0 Å². The zero-order valence-electron chi connectivity index (χ0n) is 19.9. The van der Waals surface area contributed by atoms with Crippen molar-refractivity contribution in [2.24, 2.45) is 0 Å². The first-order valence-corrected chi connectivity index (χ1v) is 13.0. The molecule has 7 heteroatoms. The molecular formula is C28H29N3O3S. The van der Waals surface area contributed by atoms with Crippen LogP contribution in [0.3, 0.4) is 0 Å². The van der Waals surface area contributed by atoms with Crippen LogP contribution in [0.25, 0.3) is 17.0 Å². The van der Waals surface area contributed by atoms with Crippen molar-refractivity contribution < 1.29 is 14.4 Å². The third kappa shape index (κ3) is 5.05. The van der Waals surface area contributed by atoms with Gasteiger partial charge in [-0.2, -0.15) is 0 Å². The molecule has 2 aliphatic heterocycles. The first-order valence-electron chi connectivity index (χ1n) is 12.2. The van der Waals surface area contributed by atoms with Crippen molar-refractivity contribution in [1.82, 2.24) is 14.4 Å². The Hall–Kier alpha value is -3.32. The molecule has 0 atom stereocenters. The highest BCUT2D eigenvalue weighted by molar-refractivity contribution is 8.18. The summed E-state index contributed by atoms with van der Waals surface area (Å²) in [6, 6.07) is 16.5. The summed E-state index contributed by atoms with van der Waals surface area (Å²) in [5.74, 6) is -0.538. The zero-order valence-corrected chi connectivity index (χ0v) is 20.7. The molecule has 2 aliphatic rings. The molecule has 2 aromatic carbocycles. The second kappa shape index (κ2) is 10.1. The van der Waals surface area contributed by atoms with Gasteiger partial charge in [0.1, 0.15) is 6.54 Å². The number of nitrogens with zero attached hydrogens (tertiary/aromatic N) is 3. The van der Waals surface area contributed by atoms with Gasteiger partial charge in [0.2, 0.25) is 5.91 Å². The topological polar surface area (TPSA) is 62.6 Å². The van der Waals surface area contributed by atoms with Gasteiger partial charge in [0.05, 0.1) is 4.91 Å². The highest BCUT2D eigenvalue weighted by atomic mass is 32.2. The van der Waals surface area contributed by atoms with E-state index >= 15 is 0 Å². The third-order valence-electron chi connectivity index (χ3n) is 6.67. The largest absolute Gasteiger partial charge is 0.342 e. The van der Waals surface area contributed by atoms with Crippen LogP contribution in [0.4, 0.5) is 4.79 Å². The van der Waals surface area contributed by atoms with Gasteiger partial charge in [0.15, 0.2) is 0 Å². The van der Waals surface area contributed by atoms with Crippen LogP contribution in [0.1, 0.15) is 42.4 Å². The van der Waals surface area contributed by atoms with Crippen LogP contribution in [0.2, 0.25) is 0 Å². The maximum absolute atomic E-state index is 13.1. The number of likely N-dealkylation sites (tertiary alicyclic amines) is 1. The van der Waals surface area contributed by atoms with Gasteiger partial charge in [-0.05, 0) is 49.2 Å². The highest BCUT2D eigenvalue weighted by Gasteiger charge is 2.37. The molecule has 1 aromatic heterocycles. The fourth-order valence-corrected chi connectivity index (χ4v) is 5.69. The molecule has 35 heavy (non-hydrogen) atoms. The van der Waals surface area contributed by atoms with Gasteiger partial charge in [-0.1, -0.05) is 60.9 Å². The summed E-state index contributed by atoms with van der Waals surface area (Å²) < 4.78 is 2.17. The monoisotopic (exact) mass is 487 g/mol. The van der Waals surface area contributed by atoms with Gasteiger partial charge in [-0.15, -0.1) is 0 Å². The fourth-order valence-electron chi connectivity index (χ4n) is 4.86. The number of aryl methyl sites for hydroxylation is 1. The molecule has 5 rings (SSSR count). The van der Waals surface area contributed by atoms with E-state index in [0.29, 0.717) is 24.5 Å². The van der Waals surface area contributed by atoms with Gasteiger partial charge in [-0.3, -0.25) is 19.3 Å². The van der Waals surface area contributed by atoms with Gasteiger partial charge < -0.3 is 9.47 Å². The Kier molecular flexibility index (Phi) is 6.77. The van der Waals surface area contributed by atoms with Crippen molar-refractivity contribution in [2.45, 2.75) is 39.2 Å². The Bertz CT molecular complexity index is 1320. The Balaban J connectivity index is 1.39. The summed E-state index contributed by atoms with van der Waals surface area (Å²) in [7, 11) is 0. The molecule has 0 spiro atoms. The van der Waals surface area contributed by atoms with Crippen LogP contribution in [0.15, 0.2) is 59.6 Å². The lowest BCUT2D eigenvalue weighted by molar-refractivity contribution is -0.135. The van der Waals surface area contributed by atoms with E-state index < -0.39 is 5.91 Å². The van der Waals surface area contributed by atoms with Crippen molar-refractivity contribution in [3.63, 3.8) is 0 Å². The average molecular weight is 488 g/mol. The molecule has 3 aromatic rings. The average Bonchev–Trinajstić information content (AvgIpc) is 3.15. The van der Waals surface area contributed by atoms with E-state index in [4.69, 9.17) is 0 Å². The third-order valence-corrected chi connectivity index (χ3v) is 7.57. The standard InChI is InChI=1S/C28H29N3O3S/c1-20-9-8-10-21(15-20)17-30-18-22(23-11-4-5-12-24(23)30)16-25-27(33)31(28(34)35-25)19-26(32)29-13-6-2-3-7-14-29/h4-5,8-12,15-16,18H,2-3,6-7,13-14,17,19H2,1H3. The molecule has 180 valence electrons. The van der Waals surface area contributed by atoms with Gasteiger partial charge in [0, 0.05) is 42.3 Å². The maximum atomic E-state index is 13.1. The summed E-state index contributed by atoms with van der Waals surface area (Å²) in [5.41, 5.74) is 4.36. The minimum absolute atomic E-state index is 0.148. The minimum Gasteiger partial charge on any atom is -0.342 e. The smallest absolute Gasteiger partial charge is 0.294 e. The molecule has 0 aliphatic carbocycles. The highest BCUT2D eigenvalue weighted by Crippen LogP contribution is 2.34. The van der Waals surface area contributed by atoms with Gasteiger partial charge in [-0.25, -0.2) is 0 Å². The number of imide groups is 1. The SMILES string of the molecule is Cc1cccc(Cn2cc(C=C3SC(=O)N(CC(=O)N4CCCCCC4)C3=O)c3ccccc32)c1. The Labute approximate surface area is 209 Å². The molecular weight excluding hydrogens is 458 g/mol. The molecule has 0 unspecified atom stereocenters. The lowest BCUT2D eigenvalue weighted by atomic mass is 10.1. The number of hydrogen-bond donors (Lipinski definition) is 0. The second-order valence-electron chi connectivity index (χ2n) is 9.28. The zero-order chi connectivity index (χ0) is 24.4. The Morgan fingerprint density at radius 2 is 1.77 bits per heavy atom. The number of thioether (sulfide) groups is 1. The molecule has 0 saturated carbocycles. The number of aromatic nitrogens is 1. The van der Waals surface area contributed by atoms with Gasteiger partial charge in [0.25, 0.3) is 11.1 Å². The van der Waals surface area contributed by atoms with Crippen LogP contribution in [0, 0.1) is 6.92 Å². The summed E-state index contributed by atoms with van der Waals surface area (Å²) in [6.07, 6.45) is 8.00. The summed E-state index contributed by atoms with van der Waals surface area (Å²) >= 11 is 0.912. The molecule has 0 radical (unpaired) electrons. The normalized spacial score (nSPS) is 18.0. The minimum atomic E-state index is -0.390. The molecule has 2 fully saturated rings. The van der Waals surface area contributed by atoms with Crippen LogP contribution < -0.4 is 0 Å². The van der Waals surface area contributed by atoms with E-state index in [9.17, 15) is 14.4 Å². The Morgan fingerprint density at radius 1 is 1.00 bits per heavy atom. The van der Waals surface area contributed by atoms with E-state index in [0.717, 1.165) is 58.8 Å². The number of benzene rings is 2. The summed E-state index contributed by atoms with van der Waals surface area (Å²) in [5, 5.41) is 0.639. The number of amides is 3. The van der Waals surface area contributed by atoms with E-state index in [1.54, 1.807) is 11.0 Å².